The summed E-state index contributed by atoms with van der Waals surface area (Å²) >= 11 is 0. The van der Waals surface area contributed by atoms with E-state index < -0.39 is 35.0 Å². The number of carbonyl (C=O) groups is 2. The fourth-order valence-corrected chi connectivity index (χ4v) is 4.53. The Morgan fingerprint density at radius 3 is 2.62 bits per heavy atom. The SMILES string of the molecule is [C-]#[N+]c1ccc(N2C(=O)[C@@H]3[C@H](C2=O)C2(C)C[C@H](O)C3(C)O2)nc1C. The van der Waals surface area contributed by atoms with E-state index in [1.807, 2.05) is 0 Å². The zero-order valence-corrected chi connectivity index (χ0v) is 13.6. The van der Waals surface area contributed by atoms with Crippen molar-refractivity contribution in [3.63, 3.8) is 0 Å². The van der Waals surface area contributed by atoms with Gasteiger partial charge in [0.25, 0.3) is 0 Å². The molecular formula is C17H17N3O4. The van der Waals surface area contributed by atoms with Crippen molar-refractivity contribution >= 4 is 23.3 Å². The number of nitrogens with zero attached hydrogens (tertiary/aromatic N) is 3. The van der Waals surface area contributed by atoms with Gasteiger partial charge in [-0.15, -0.1) is 0 Å². The van der Waals surface area contributed by atoms with Crippen molar-refractivity contribution in [1.29, 1.82) is 0 Å². The standard InChI is InChI=1S/C17H17N3O4/c1-8-9(18-4)5-6-11(19-8)20-14(22)12-13(15(20)23)17(3)10(21)7-16(12,2)24-17/h5-6,10,12-13,21H,7H2,1-3H3/t10-,12+,13-,16?,17?/m0/s1. The molecule has 5 atom stereocenters. The summed E-state index contributed by atoms with van der Waals surface area (Å²) in [6, 6.07) is 3.07. The van der Waals surface area contributed by atoms with E-state index >= 15 is 0 Å². The Labute approximate surface area is 139 Å². The molecule has 1 aromatic rings. The fraction of sp³-hybridized carbons (Fsp3) is 0.529. The first kappa shape index (κ1) is 15.2. The van der Waals surface area contributed by atoms with Crippen molar-refractivity contribution in [2.24, 2.45) is 11.8 Å². The number of hydrogen-bond donors (Lipinski definition) is 1. The molecule has 0 aromatic carbocycles. The number of carbonyl (C=O) groups excluding carboxylic acids is 2. The van der Waals surface area contributed by atoms with E-state index in [0.29, 0.717) is 17.8 Å². The van der Waals surface area contributed by atoms with Gasteiger partial charge in [0.2, 0.25) is 17.5 Å². The van der Waals surface area contributed by atoms with Gasteiger partial charge in [-0.3, -0.25) is 9.59 Å². The highest BCUT2D eigenvalue weighted by molar-refractivity contribution is 6.22. The summed E-state index contributed by atoms with van der Waals surface area (Å²) in [5.41, 5.74) is -1.04. The number of fused-ring (bicyclic) bond motifs is 5. The number of amides is 2. The summed E-state index contributed by atoms with van der Waals surface area (Å²) in [5, 5.41) is 10.3. The number of ether oxygens (including phenoxy) is 1. The van der Waals surface area contributed by atoms with Crippen molar-refractivity contribution in [3.8, 4) is 0 Å². The molecule has 3 aliphatic heterocycles. The number of anilines is 1. The lowest BCUT2D eigenvalue weighted by Crippen LogP contribution is -2.49. The number of hydrogen-bond acceptors (Lipinski definition) is 5. The van der Waals surface area contributed by atoms with Gasteiger partial charge in [-0.1, -0.05) is 6.07 Å². The maximum absolute atomic E-state index is 13.0. The number of rotatable bonds is 1. The van der Waals surface area contributed by atoms with Crippen LogP contribution in [0.5, 0.6) is 0 Å². The van der Waals surface area contributed by atoms with Gasteiger partial charge in [0.15, 0.2) is 0 Å². The normalized spacial score (nSPS) is 40.1. The molecule has 1 N–H and O–H groups in total. The molecule has 3 saturated heterocycles. The molecular weight excluding hydrogens is 310 g/mol. The lowest BCUT2D eigenvalue weighted by atomic mass is 9.67. The van der Waals surface area contributed by atoms with Crippen LogP contribution in [0.2, 0.25) is 0 Å². The minimum Gasteiger partial charge on any atom is -0.390 e. The molecule has 2 unspecified atom stereocenters. The van der Waals surface area contributed by atoms with Gasteiger partial charge in [0.1, 0.15) is 11.4 Å². The van der Waals surface area contributed by atoms with Crippen LogP contribution in [0.3, 0.4) is 0 Å². The molecule has 24 heavy (non-hydrogen) atoms. The highest BCUT2D eigenvalue weighted by Crippen LogP contribution is 2.60. The van der Waals surface area contributed by atoms with Crippen LogP contribution in [0, 0.1) is 25.3 Å². The average molecular weight is 327 g/mol. The maximum atomic E-state index is 13.0. The van der Waals surface area contributed by atoms with Gasteiger partial charge in [-0.2, -0.15) is 0 Å². The number of aromatic nitrogens is 1. The first-order chi connectivity index (χ1) is 11.2. The average Bonchev–Trinajstić information content (AvgIpc) is 3.01. The van der Waals surface area contributed by atoms with E-state index in [-0.39, 0.29) is 11.7 Å². The zero-order chi connectivity index (χ0) is 17.4. The Bertz CT molecular complexity index is 832. The van der Waals surface area contributed by atoms with Gasteiger partial charge in [-0.05, 0) is 26.8 Å². The van der Waals surface area contributed by atoms with E-state index in [9.17, 15) is 14.7 Å². The number of imide groups is 1. The Morgan fingerprint density at radius 2 is 2.00 bits per heavy atom. The minimum atomic E-state index is -1.05. The number of aliphatic hydroxyl groups is 1. The van der Waals surface area contributed by atoms with Gasteiger partial charge in [0.05, 0.1) is 30.1 Å². The molecule has 2 bridgehead atoms. The molecule has 3 aliphatic rings. The van der Waals surface area contributed by atoms with Gasteiger partial charge < -0.3 is 9.84 Å². The topological polar surface area (TPSA) is 84.1 Å². The highest BCUT2D eigenvalue weighted by atomic mass is 16.6. The van der Waals surface area contributed by atoms with Crippen molar-refractivity contribution < 1.29 is 19.4 Å². The Kier molecular flexibility index (Phi) is 2.80. The third-order valence-corrected chi connectivity index (χ3v) is 5.69. The second-order valence-electron chi connectivity index (χ2n) is 7.17. The summed E-state index contributed by atoms with van der Waals surface area (Å²) < 4.78 is 5.93. The van der Waals surface area contributed by atoms with Crippen LogP contribution in [0.4, 0.5) is 11.5 Å². The van der Waals surface area contributed by atoms with Crippen molar-refractivity contribution in [1.82, 2.24) is 4.98 Å². The van der Waals surface area contributed by atoms with Gasteiger partial charge >= 0.3 is 0 Å². The van der Waals surface area contributed by atoms with Crippen LogP contribution >= 0.6 is 0 Å². The number of aliphatic hydroxyl groups excluding tert-OH is 1. The molecule has 7 nitrogen and oxygen atoms in total. The van der Waals surface area contributed by atoms with Crippen LogP contribution in [0.15, 0.2) is 12.1 Å². The molecule has 1 aromatic heterocycles. The van der Waals surface area contributed by atoms with E-state index in [2.05, 4.69) is 9.83 Å². The predicted octanol–water partition coefficient (Wildman–Crippen LogP) is 1.36. The van der Waals surface area contributed by atoms with Crippen LogP contribution < -0.4 is 4.90 Å². The summed E-state index contributed by atoms with van der Waals surface area (Å²) in [4.78, 5) is 34.6. The molecule has 7 heteroatoms. The van der Waals surface area contributed by atoms with E-state index in [1.165, 1.54) is 6.07 Å². The first-order valence-corrected chi connectivity index (χ1v) is 7.84. The lowest BCUT2D eigenvalue weighted by Gasteiger charge is -2.31. The van der Waals surface area contributed by atoms with E-state index in [4.69, 9.17) is 11.3 Å². The van der Waals surface area contributed by atoms with Gasteiger partial charge in [-0.25, -0.2) is 14.7 Å². The number of pyridine rings is 1. The second-order valence-corrected chi connectivity index (χ2v) is 7.17. The molecule has 3 fully saturated rings. The Hall–Kier alpha value is -2.30. The predicted molar refractivity (Wildman–Crippen MR) is 83.2 cm³/mol. The summed E-state index contributed by atoms with van der Waals surface area (Å²) in [7, 11) is 0. The van der Waals surface area contributed by atoms with Crippen LogP contribution in [0.1, 0.15) is 26.0 Å². The molecule has 4 rings (SSSR count). The summed E-state index contributed by atoms with van der Waals surface area (Å²) in [5.74, 6) is -1.82. The summed E-state index contributed by atoms with van der Waals surface area (Å²) in [6.07, 6.45) is -0.444. The fourth-order valence-electron chi connectivity index (χ4n) is 4.53. The van der Waals surface area contributed by atoms with Crippen LogP contribution in [-0.2, 0) is 14.3 Å². The first-order valence-electron chi connectivity index (χ1n) is 7.84. The minimum absolute atomic E-state index is 0.227. The molecule has 0 radical (unpaired) electrons. The van der Waals surface area contributed by atoms with Crippen molar-refractivity contribution in [2.45, 2.75) is 44.5 Å². The molecule has 4 heterocycles. The van der Waals surface area contributed by atoms with Crippen molar-refractivity contribution in [2.75, 3.05) is 4.90 Å². The monoisotopic (exact) mass is 327 g/mol. The third kappa shape index (κ3) is 1.60. The van der Waals surface area contributed by atoms with Crippen molar-refractivity contribution in [3.05, 3.63) is 29.2 Å². The Balaban J connectivity index is 1.79. The third-order valence-electron chi connectivity index (χ3n) is 5.69. The largest absolute Gasteiger partial charge is 0.390 e. The highest BCUT2D eigenvalue weighted by Gasteiger charge is 2.75. The maximum Gasteiger partial charge on any atom is 0.242 e. The van der Waals surface area contributed by atoms with E-state index in [0.717, 1.165) is 4.90 Å². The Morgan fingerprint density at radius 1 is 1.33 bits per heavy atom. The molecule has 0 spiro atoms. The van der Waals surface area contributed by atoms with E-state index in [1.54, 1.807) is 26.8 Å². The number of aryl methyl sites for hydroxylation is 1. The zero-order valence-electron chi connectivity index (χ0n) is 13.6. The van der Waals surface area contributed by atoms with Crippen LogP contribution in [0.25, 0.3) is 4.85 Å². The molecule has 0 aliphatic carbocycles. The molecule has 124 valence electrons. The second kappa shape index (κ2) is 4.41. The lowest BCUT2D eigenvalue weighted by molar-refractivity contribution is -0.132. The molecule has 0 saturated carbocycles. The van der Waals surface area contributed by atoms with Gasteiger partial charge in [0, 0.05) is 12.1 Å². The summed E-state index contributed by atoms with van der Waals surface area (Å²) in [6.45, 7) is 12.2. The smallest absolute Gasteiger partial charge is 0.242 e. The van der Waals surface area contributed by atoms with Crippen LogP contribution in [-0.4, -0.2) is 39.2 Å². The quantitative estimate of drug-likeness (QED) is 0.622. The molecule has 2 amide bonds.